The van der Waals surface area contributed by atoms with Crippen LogP contribution in [-0.2, 0) is 4.79 Å². The van der Waals surface area contributed by atoms with Crippen molar-refractivity contribution in [1.29, 1.82) is 0 Å². The number of carbonyl (C=O) groups is 2. The van der Waals surface area contributed by atoms with Crippen molar-refractivity contribution < 1.29 is 14.0 Å². The molecule has 26 heavy (non-hydrogen) atoms. The van der Waals surface area contributed by atoms with E-state index in [0.29, 0.717) is 44.7 Å². The van der Waals surface area contributed by atoms with Crippen LogP contribution in [-0.4, -0.2) is 54.3 Å². The molecule has 0 bridgehead atoms. The fourth-order valence-corrected chi connectivity index (χ4v) is 3.08. The van der Waals surface area contributed by atoms with E-state index in [0.717, 1.165) is 32.1 Å². The average Bonchev–Trinajstić information content (AvgIpc) is 2.87. The molecular weight excluding hydrogens is 357 g/mol. The minimum Gasteiger partial charge on any atom is -0.341 e. The number of rotatable bonds is 7. The second-order valence-corrected chi connectivity index (χ2v) is 6.49. The van der Waals surface area contributed by atoms with Gasteiger partial charge in [0.25, 0.3) is 5.91 Å². The molecule has 0 unspecified atom stereocenters. The lowest BCUT2D eigenvalue weighted by molar-refractivity contribution is -0.131. The quantitative estimate of drug-likeness (QED) is 0.734. The van der Waals surface area contributed by atoms with Crippen molar-refractivity contribution in [3.8, 4) is 0 Å². The van der Waals surface area contributed by atoms with Gasteiger partial charge >= 0.3 is 0 Å². The second-order valence-electron chi connectivity index (χ2n) is 6.49. The van der Waals surface area contributed by atoms with Gasteiger partial charge in [-0.05, 0) is 50.1 Å². The van der Waals surface area contributed by atoms with Gasteiger partial charge in [-0.3, -0.25) is 9.59 Å². The van der Waals surface area contributed by atoms with E-state index >= 15 is 0 Å². The van der Waals surface area contributed by atoms with Gasteiger partial charge in [-0.15, -0.1) is 12.4 Å². The molecule has 0 spiro atoms. The van der Waals surface area contributed by atoms with Crippen molar-refractivity contribution in [3.05, 3.63) is 35.6 Å². The maximum Gasteiger partial charge on any atom is 0.253 e. The fraction of sp³-hybridized carbons (Fsp3) is 0.579. The molecule has 5 nitrogen and oxygen atoms in total. The van der Waals surface area contributed by atoms with Gasteiger partial charge in [-0.1, -0.05) is 12.8 Å². The molecule has 2 N–H and O–H groups in total. The molecule has 7 heteroatoms. The highest BCUT2D eigenvalue weighted by molar-refractivity contribution is 5.94. The lowest BCUT2D eigenvalue weighted by atomic mass is 10.1. The van der Waals surface area contributed by atoms with E-state index in [1.807, 2.05) is 4.90 Å². The maximum absolute atomic E-state index is 13.0. The van der Waals surface area contributed by atoms with Crippen LogP contribution < -0.4 is 5.73 Å². The van der Waals surface area contributed by atoms with Crippen LogP contribution in [0.4, 0.5) is 4.39 Å². The average molecular weight is 386 g/mol. The van der Waals surface area contributed by atoms with Crippen LogP contribution in [0.15, 0.2) is 24.3 Å². The van der Waals surface area contributed by atoms with Gasteiger partial charge in [0, 0.05) is 38.2 Å². The van der Waals surface area contributed by atoms with E-state index < -0.39 is 0 Å². The van der Waals surface area contributed by atoms with Crippen molar-refractivity contribution in [2.75, 3.05) is 32.7 Å². The highest BCUT2D eigenvalue weighted by Crippen LogP contribution is 2.12. The molecule has 1 aromatic rings. The van der Waals surface area contributed by atoms with Gasteiger partial charge in [0.15, 0.2) is 0 Å². The Hall–Kier alpha value is -1.66. The van der Waals surface area contributed by atoms with Crippen molar-refractivity contribution in [3.63, 3.8) is 0 Å². The number of hydrogen-bond donors (Lipinski definition) is 1. The van der Waals surface area contributed by atoms with E-state index in [1.165, 1.54) is 24.3 Å². The summed E-state index contributed by atoms with van der Waals surface area (Å²) in [6.45, 7) is 3.10. The Balaban J connectivity index is 0.00000338. The highest BCUT2D eigenvalue weighted by Gasteiger charge is 2.22. The number of hydrogen-bond acceptors (Lipinski definition) is 3. The molecule has 1 aliphatic rings. The number of nitrogens with two attached hydrogens (primary N) is 1. The number of halogens is 2. The first-order valence-electron chi connectivity index (χ1n) is 9.14. The van der Waals surface area contributed by atoms with Crippen LogP contribution in [0.3, 0.4) is 0 Å². The predicted molar refractivity (Wildman–Crippen MR) is 103 cm³/mol. The smallest absolute Gasteiger partial charge is 0.253 e. The molecule has 0 aromatic heterocycles. The largest absolute Gasteiger partial charge is 0.341 e. The van der Waals surface area contributed by atoms with Crippen molar-refractivity contribution >= 4 is 24.2 Å². The summed E-state index contributed by atoms with van der Waals surface area (Å²) < 4.78 is 13.0. The summed E-state index contributed by atoms with van der Waals surface area (Å²) in [5.41, 5.74) is 5.95. The summed E-state index contributed by atoms with van der Waals surface area (Å²) in [6.07, 6.45) is 5.35. The van der Waals surface area contributed by atoms with Gasteiger partial charge < -0.3 is 15.5 Å². The fourth-order valence-electron chi connectivity index (χ4n) is 3.08. The van der Waals surface area contributed by atoms with Gasteiger partial charge in [-0.2, -0.15) is 0 Å². The van der Waals surface area contributed by atoms with Gasteiger partial charge in [0.2, 0.25) is 5.91 Å². The lowest BCUT2D eigenvalue weighted by Crippen LogP contribution is -2.37. The van der Waals surface area contributed by atoms with Crippen LogP contribution in [0.2, 0.25) is 0 Å². The molecule has 1 fully saturated rings. The summed E-state index contributed by atoms with van der Waals surface area (Å²) in [5.74, 6) is -0.282. The molecule has 0 aliphatic carbocycles. The Kier molecular flexibility index (Phi) is 10.2. The molecular formula is C19H29ClFN3O2. The van der Waals surface area contributed by atoms with Crippen LogP contribution in [0, 0.1) is 5.82 Å². The minimum absolute atomic E-state index is 0. The van der Waals surface area contributed by atoms with Crippen LogP contribution >= 0.6 is 12.4 Å². The number of benzene rings is 1. The molecule has 0 saturated carbocycles. The first kappa shape index (κ1) is 22.4. The van der Waals surface area contributed by atoms with Crippen molar-refractivity contribution in [2.24, 2.45) is 5.73 Å². The number of carbonyl (C=O) groups excluding carboxylic acids is 2. The second kappa shape index (κ2) is 11.9. The Morgan fingerprint density at radius 1 is 0.923 bits per heavy atom. The van der Waals surface area contributed by atoms with Crippen LogP contribution in [0.25, 0.3) is 0 Å². The normalized spacial score (nSPS) is 14.5. The third-order valence-electron chi connectivity index (χ3n) is 4.57. The molecule has 1 heterocycles. The molecule has 2 amide bonds. The first-order valence-corrected chi connectivity index (χ1v) is 9.14. The summed E-state index contributed by atoms with van der Waals surface area (Å²) in [6, 6.07) is 5.61. The number of nitrogens with zero attached hydrogens (tertiary/aromatic N) is 2. The molecule has 1 aromatic carbocycles. The Bertz CT molecular complexity index is 568. The molecule has 1 saturated heterocycles. The SMILES string of the molecule is Cl.NCCCCCCC(=O)N1CCCN(C(=O)c2ccc(F)cc2)CC1. The molecule has 0 atom stereocenters. The summed E-state index contributed by atoms with van der Waals surface area (Å²) in [7, 11) is 0. The molecule has 1 aliphatic heterocycles. The first-order chi connectivity index (χ1) is 12.1. The van der Waals surface area contributed by atoms with E-state index in [1.54, 1.807) is 4.90 Å². The number of amides is 2. The molecule has 2 rings (SSSR count). The monoisotopic (exact) mass is 385 g/mol. The Morgan fingerprint density at radius 2 is 1.54 bits per heavy atom. The zero-order valence-electron chi connectivity index (χ0n) is 15.2. The predicted octanol–water partition coefficient (Wildman–Crippen LogP) is 2.83. The zero-order valence-corrected chi connectivity index (χ0v) is 16.0. The summed E-state index contributed by atoms with van der Waals surface area (Å²) in [4.78, 5) is 28.4. The Morgan fingerprint density at radius 3 is 2.23 bits per heavy atom. The van der Waals surface area contributed by atoms with E-state index in [-0.39, 0.29) is 30.0 Å². The molecule has 146 valence electrons. The maximum atomic E-state index is 13.0. The minimum atomic E-state index is -0.351. The summed E-state index contributed by atoms with van der Waals surface area (Å²) in [5, 5.41) is 0. The van der Waals surface area contributed by atoms with Crippen LogP contribution in [0.5, 0.6) is 0 Å². The topological polar surface area (TPSA) is 66.6 Å². The van der Waals surface area contributed by atoms with E-state index in [2.05, 4.69) is 0 Å². The standard InChI is InChI=1S/C19H28FN3O2.ClH/c20-17-9-7-16(8-10-17)19(25)23-13-5-12-22(14-15-23)18(24)6-3-1-2-4-11-21;/h7-10H,1-6,11-15,21H2;1H. The third kappa shape index (κ3) is 6.92. The summed E-state index contributed by atoms with van der Waals surface area (Å²) >= 11 is 0. The zero-order chi connectivity index (χ0) is 18.1. The Labute approximate surface area is 161 Å². The lowest BCUT2D eigenvalue weighted by Gasteiger charge is -2.22. The molecule has 0 radical (unpaired) electrons. The van der Waals surface area contributed by atoms with Crippen LogP contribution in [0.1, 0.15) is 48.9 Å². The van der Waals surface area contributed by atoms with Gasteiger partial charge in [0.05, 0.1) is 0 Å². The van der Waals surface area contributed by atoms with Gasteiger partial charge in [0.1, 0.15) is 5.82 Å². The number of unbranched alkanes of at least 4 members (excludes halogenated alkanes) is 3. The van der Waals surface area contributed by atoms with Crippen molar-refractivity contribution in [1.82, 2.24) is 9.80 Å². The van der Waals surface area contributed by atoms with Crippen molar-refractivity contribution in [2.45, 2.75) is 38.5 Å². The van der Waals surface area contributed by atoms with E-state index in [9.17, 15) is 14.0 Å². The third-order valence-corrected chi connectivity index (χ3v) is 4.57. The van der Waals surface area contributed by atoms with Gasteiger partial charge in [-0.25, -0.2) is 4.39 Å². The van der Waals surface area contributed by atoms with E-state index in [4.69, 9.17) is 5.73 Å². The highest BCUT2D eigenvalue weighted by atomic mass is 35.5.